The summed E-state index contributed by atoms with van der Waals surface area (Å²) in [5.74, 6) is 0. The Labute approximate surface area is 133 Å². The summed E-state index contributed by atoms with van der Waals surface area (Å²) in [6.45, 7) is 3.36. The topological polar surface area (TPSA) is 58.2 Å². The van der Waals surface area contributed by atoms with E-state index in [1.807, 2.05) is 0 Å². The van der Waals surface area contributed by atoms with E-state index in [4.69, 9.17) is 0 Å². The monoisotopic (exact) mass is 380 g/mol. The summed E-state index contributed by atoms with van der Waals surface area (Å²) in [6.07, 6.45) is 5.48. The molecule has 1 aromatic rings. The molecule has 0 unspecified atom stereocenters. The second kappa shape index (κ2) is 7.35. The highest BCUT2D eigenvalue weighted by molar-refractivity contribution is 9.11. The fourth-order valence-corrected chi connectivity index (χ4v) is 5.57. The van der Waals surface area contributed by atoms with Crippen molar-refractivity contribution in [3.63, 3.8) is 0 Å². The maximum Gasteiger partial charge on any atom is 0.242 e. The number of nitrogens with one attached hydrogen (secondary N) is 2. The van der Waals surface area contributed by atoms with Gasteiger partial charge in [0.1, 0.15) is 4.90 Å². The van der Waals surface area contributed by atoms with Gasteiger partial charge in [0.2, 0.25) is 10.0 Å². The lowest BCUT2D eigenvalue weighted by atomic mass is 10.3. The first-order valence-electron chi connectivity index (χ1n) is 7.04. The minimum Gasteiger partial charge on any atom is -0.309 e. The average molecular weight is 381 g/mol. The van der Waals surface area contributed by atoms with Gasteiger partial charge in [-0.3, -0.25) is 0 Å². The third-order valence-corrected chi connectivity index (χ3v) is 6.92. The maximum absolute atomic E-state index is 12.2. The van der Waals surface area contributed by atoms with Crippen molar-refractivity contribution in [2.24, 2.45) is 0 Å². The highest BCUT2D eigenvalue weighted by Gasteiger charge is 2.23. The van der Waals surface area contributed by atoms with Crippen molar-refractivity contribution in [3.05, 3.63) is 14.7 Å². The molecule has 1 aromatic heterocycles. The van der Waals surface area contributed by atoms with E-state index in [1.54, 1.807) is 6.07 Å². The molecule has 1 saturated carbocycles. The van der Waals surface area contributed by atoms with Crippen LogP contribution in [0.1, 0.15) is 43.9 Å². The van der Waals surface area contributed by atoms with Crippen LogP contribution in [-0.2, 0) is 16.6 Å². The van der Waals surface area contributed by atoms with E-state index in [9.17, 15) is 8.42 Å². The van der Waals surface area contributed by atoms with Gasteiger partial charge in [0.25, 0.3) is 0 Å². The fourth-order valence-electron chi connectivity index (χ4n) is 1.86. The van der Waals surface area contributed by atoms with Crippen LogP contribution in [0.3, 0.4) is 0 Å². The first-order chi connectivity index (χ1) is 9.53. The zero-order valence-electron chi connectivity index (χ0n) is 11.6. The minimum absolute atomic E-state index is 0.367. The molecule has 0 aliphatic heterocycles. The molecule has 20 heavy (non-hydrogen) atoms. The van der Waals surface area contributed by atoms with Crippen LogP contribution in [0.5, 0.6) is 0 Å². The van der Waals surface area contributed by atoms with Gasteiger partial charge in [0.05, 0.1) is 3.79 Å². The van der Waals surface area contributed by atoms with Crippen LogP contribution in [0.4, 0.5) is 0 Å². The number of unbranched alkanes of at least 4 members (excludes halogenated alkanes) is 2. The normalized spacial score (nSPS) is 15.7. The van der Waals surface area contributed by atoms with E-state index in [0.29, 0.717) is 21.3 Å². The van der Waals surface area contributed by atoms with Gasteiger partial charge in [-0.15, -0.1) is 11.3 Å². The van der Waals surface area contributed by atoms with Gasteiger partial charge in [0, 0.05) is 24.0 Å². The predicted octanol–water partition coefficient (Wildman–Crippen LogP) is 3.23. The molecule has 0 spiro atoms. The lowest BCUT2D eigenvalue weighted by molar-refractivity contribution is 0.576. The second-order valence-corrected chi connectivity index (χ2v) is 9.30. The fraction of sp³-hybridized carbons (Fsp3) is 0.692. The summed E-state index contributed by atoms with van der Waals surface area (Å²) >= 11 is 4.86. The summed E-state index contributed by atoms with van der Waals surface area (Å²) < 4.78 is 27.8. The van der Waals surface area contributed by atoms with Crippen molar-refractivity contribution >= 4 is 37.3 Å². The van der Waals surface area contributed by atoms with Crippen LogP contribution >= 0.6 is 27.3 Å². The quantitative estimate of drug-likeness (QED) is 0.646. The second-order valence-electron chi connectivity index (χ2n) is 5.11. The Balaban J connectivity index is 1.94. The molecule has 1 aliphatic rings. The van der Waals surface area contributed by atoms with E-state index >= 15 is 0 Å². The smallest absolute Gasteiger partial charge is 0.242 e. The Morgan fingerprint density at radius 3 is 2.80 bits per heavy atom. The van der Waals surface area contributed by atoms with Crippen molar-refractivity contribution in [2.45, 2.75) is 56.5 Å². The molecule has 1 aliphatic carbocycles. The van der Waals surface area contributed by atoms with Crippen LogP contribution in [0, 0.1) is 0 Å². The first-order valence-corrected chi connectivity index (χ1v) is 10.1. The van der Waals surface area contributed by atoms with Crippen molar-refractivity contribution in [2.75, 3.05) is 6.54 Å². The van der Waals surface area contributed by atoms with Crippen molar-refractivity contribution in [1.29, 1.82) is 0 Å². The molecule has 7 heteroatoms. The van der Waals surface area contributed by atoms with Gasteiger partial charge in [-0.2, -0.15) is 0 Å². The van der Waals surface area contributed by atoms with E-state index in [-0.39, 0.29) is 0 Å². The van der Waals surface area contributed by atoms with Crippen LogP contribution < -0.4 is 10.0 Å². The average Bonchev–Trinajstić information content (AvgIpc) is 3.15. The van der Waals surface area contributed by atoms with Gasteiger partial charge in [-0.05, 0) is 41.3 Å². The predicted molar refractivity (Wildman–Crippen MR) is 86.6 cm³/mol. The van der Waals surface area contributed by atoms with E-state index < -0.39 is 10.0 Å². The number of sulfonamides is 1. The summed E-state index contributed by atoms with van der Waals surface area (Å²) in [4.78, 5) is 1.42. The van der Waals surface area contributed by atoms with E-state index in [2.05, 4.69) is 32.9 Å². The van der Waals surface area contributed by atoms with Gasteiger partial charge in [0.15, 0.2) is 0 Å². The maximum atomic E-state index is 12.2. The number of thiophene rings is 1. The Bertz CT molecular complexity index is 539. The summed E-state index contributed by atoms with van der Waals surface area (Å²) in [5, 5.41) is 3.40. The molecule has 114 valence electrons. The molecular formula is C13H21BrN2O2S2. The Morgan fingerprint density at radius 2 is 2.15 bits per heavy atom. The molecule has 0 amide bonds. The third kappa shape index (κ3) is 4.80. The zero-order valence-corrected chi connectivity index (χ0v) is 14.8. The van der Waals surface area contributed by atoms with Gasteiger partial charge in [-0.25, -0.2) is 13.1 Å². The summed E-state index contributed by atoms with van der Waals surface area (Å²) in [6, 6.07) is 2.40. The lowest BCUT2D eigenvalue weighted by Crippen LogP contribution is -2.24. The molecule has 4 nitrogen and oxygen atoms in total. The largest absolute Gasteiger partial charge is 0.309 e. The molecule has 0 bridgehead atoms. The van der Waals surface area contributed by atoms with E-state index in [0.717, 1.165) is 30.7 Å². The number of hydrogen-bond donors (Lipinski definition) is 2. The van der Waals surface area contributed by atoms with Gasteiger partial charge in [-0.1, -0.05) is 19.8 Å². The zero-order chi connectivity index (χ0) is 14.6. The Morgan fingerprint density at radius 1 is 1.40 bits per heavy atom. The van der Waals surface area contributed by atoms with Crippen molar-refractivity contribution in [3.8, 4) is 0 Å². The first kappa shape index (κ1) is 16.4. The lowest BCUT2D eigenvalue weighted by Gasteiger charge is -2.05. The Kier molecular flexibility index (Phi) is 6.04. The molecule has 0 saturated heterocycles. The molecule has 1 fully saturated rings. The van der Waals surface area contributed by atoms with Crippen LogP contribution in [-0.4, -0.2) is 21.0 Å². The molecule has 0 atom stereocenters. The van der Waals surface area contributed by atoms with Crippen molar-refractivity contribution < 1.29 is 8.42 Å². The van der Waals surface area contributed by atoms with Crippen LogP contribution in [0.25, 0.3) is 0 Å². The van der Waals surface area contributed by atoms with Crippen molar-refractivity contribution in [1.82, 2.24) is 10.0 Å². The minimum atomic E-state index is -3.39. The molecule has 2 rings (SSSR count). The molecule has 1 heterocycles. The molecular weight excluding hydrogens is 360 g/mol. The van der Waals surface area contributed by atoms with Crippen LogP contribution in [0.15, 0.2) is 14.7 Å². The molecule has 0 aromatic carbocycles. The highest BCUT2D eigenvalue weighted by Crippen LogP contribution is 2.32. The molecule has 0 radical (unpaired) electrons. The molecule has 2 N–H and O–H groups in total. The Hall–Kier alpha value is 0.0500. The number of rotatable bonds is 9. The van der Waals surface area contributed by atoms with Gasteiger partial charge < -0.3 is 5.32 Å². The van der Waals surface area contributed by atoms with E-state index in [1.165, 1.54) is 24.2 Å². The summed E-state index contributed by atoms with van der Waals surface area (Å²) in [7, 11) is -3.39. The number of halogens is 1. The van der Waals surface area contributed by atoms with Crippen LogP contribution in [0.2, 0.25) is 0 Å². The number of hydrogen-bond acceptors (Lipinski definition) is 4. The summed E-state index contributed by atoms with van der Waals surface area (Å²) in [5.41, 5.74) is 0. The third-order valence-electron chi connectivity index (χ3n) is 3.21. The highest BCUT2D eigenvalue weighted by atomic mass is 79.9. The standard InChI is InChI=1S/C13H21BrN2O2S2/c1-2-3-4-7-16-20(17,18)12-8-11(19-13(12)14)9-15-10-5-6-10/h8,10,15-16H,2-7,9H2,1H3. The van der Waals surface area contributed by atoms with Gasteiger partial charge >= 0.3 is 0 Å². The SMILES string of the molecule is CCCCCNS(=O)(=O)c1cc(CNC2CC2)sc1Br.